The van der Waals surface area contributed by atoms with E-state index in [9.17, 15) is 13.6 Å². The van der Waals surface area contributed by atoms with E-state index < -0.39 is 18.1 Å². The Balaban J connectivity index is 2.14. The second-order valence-corrected chi connectivity index (χ2v) is 6.20. The molecule has 0 N–H and O–H groups in total. The lowest BCUT2D eigenvalue weighted by Gasteiger charge is -2.13. The monoisotopic (exact) mass is 385 g/mol. The van der Waals surface area contributed by atoms with Crippen molar-refractivity contribution < 1.29 is 13.5 Å². The molecule has 0 aliphatic heterocycles. The van der Waals surface area contributed by atoms with Gasteiger partial charge in [0.05, 0.1) is 21.1 Å². The van der Waals surface area contributed by atoms with Gasteiger partial charge in [0.25, 0.3) is 11.5 Å². The molecule has 3 aromatic rings. The minimum atomic E-state index is -2.99. The predicted octanol–water partition coefficient (Wildman–Crippen LogP) is 4.10. The maximum absolute atomic E-state index is 12.9. The molecule has 5 nitrogen and oxygen atoms in total. The molecule has 0 spiro atoms. The lowest BCUT2D eigenvalue weighted by molar-refractivity contribution is -0.0245. The van der Waals surface area contributed by atoms with E-state index in [2.05, 4.69) is 10.1 Å². The van der Waals surface area contributed by atoms with Gasteiger partial charge in [0.15, 0.2) is 6.61 Å². The van der Waals surface area contributed by atoms with Crippen LogP contribution in [-0.2, 0) is 0 Å². The van der Waals surface area contributed by atoms with Gasteiger partial charge < -0.3 is 4.74 Å². The molecule has 3 rings (SSSR count). The number of nitrogens with zero attached hydrogens (tertiary/aromatic N) is 3. The van der Waals surface area contributed by atoms with Crippen LogP contribution in [0.5, 0.6) is 5.88 Å². The van der Waals surface area contributed by atoms with Crippen LogP contribution in [0.2, 0.25) is 10.0 Å². The smallest absolute Gasteiger partial charge is 0.281 e. The molecule has 0 radical (unpaired) electrons. The molecule has 25 heavy (non-hydrogen) atoms. The number of halogens is 4. The van der Waals surface area contributed by atoms with Crippen molar-refractivity contribution in [2.45, 2.75) is 12.8 Å². The van der Waals surface area contributed by atoms with Gasteiger partial charge in [0.2, 0.25) is 5.88 Å². The zero-order valence-electron chi connectivity index (χ0n) is 12.8. The van der Waals surface area contributed by atoms with Crippen LogP contribution in [0.3, 0.4) is 0 Å². The van der Waals surface area contributed by atoms with Gasteiger partial charge in [0.1, 0.15) is 6.33 Å². The lowest BCUT2D eigenvalue weighted by Crippen LogP contribution is -2.22. The standard InChI is InChI=1S/C16H11Cl2F2N3O2/c1-16(19,20)7-25-12-6-5-11-14(15(24)21-8-23(11)22-12)13-9(17)3-2-4-10(13)18/h2-6,8H,7H2,1H3. The largest absolute Gasteiger partial charge is 0.470 e. The maximum Gasteiger partial charge on any atom is 0.281 e. The Morgan fingerprint density at radius 1 is 1.16 bits per heavy atom. The van der Waals surface area contributed by atoms with Gasteiger partial charge in [-0.2, -0.15) is 4.98 Å². The quantitative estimate of drug-likeness (QED) is 0.678. The summed E-state index contributed by atoms with van der Waals surface area (Å²) in [5.41, 5.74) is 0.325. The van der Waals surface area contributed by atoms with E-state index >= 15 is 0 Å². The first-order valence-electron chi connectivity index (χ1n) is 7.10. The van der Waals surface area contributed by atoms with E-state index in [0.29, 0.717) is 11.1 Å². The Morgan fingerprint density at radius 2 is 1.84 bits per heavy atom. The van der Waals surface area contributed by atoms with Gasteiger partial charge in [-0.05, 0) is 18.2 Å². The molecule has 0 saturated carbocycles. The summed E-state index contributed by atoms with van der Waals surface area (Å²) in [5, 5.41) is 4.60. The molecule has 0 amide bonds. The molecule has 0 saturated heterocycles. The van der Waals surface area contributed by atoms with Gasteiger partial charge in [-0.3, -0.25) is 4.79 Å². The average Bonchev–Trinajstić information content (AvgIpc) is 2.54. The molecule has 2 aromatic heterocycles. The van der Waals surface area contributed by atoms with E-state index in [0.717, 1.165) is 6.92 Å². The summed E-state index contributed by atoms with van der Waals surface area (Å²) in [4.78, 5) is 16.0. The summed E-state index contributed by atoms with van der Waals surface area (Å²) in [7, 11) is 0. The summed E-state index contributed by atoms with van der Waals surface area (Å²) >= 11 is 12.4. The average molecular weight is 386 g/mol. The Morgan fingerprint density at radius 3 is 2.48 bits per heavy atom. The Labute approximate surface area is 150 Å². The summed E-state index contributed by atoms with van der Waals surface area (Å²) in [6.07, 6.45) is 1.17. The summed E-state index contributed by atoms with van der Waals surface area (Å²) in [5.74, 6) is -3.02. The third kappa shape index (κ3) is 3.72. The molecule has 0 unspecified atom stereocenters. The van der Waals surface area contributed by atoms with E-state index in [1.165, 1.54) is 23.0 Å². The van der Waals surface area contributed by atoms with Crippen LogP contribution in [0.1, 0.15) is 6.92 Å². The first-order valence-corrected chi connectivity index (χ1v) is 7.85. The van der Waals surface area contributed by atoms with E-state index in [1.807, 2.05) is 0 Å². The van der Waals surface area contributed by atoms with Crippen molar-refractivity contribution in [1.29, 1.82) is 0 Å². The fourth-order valence-corrected chi connectivity index (χ4v) is 2.82. The minimum Gasteiger partial charge on any atom is -0.470 e. The van der Waals surface area contributed by atoms with Crippen molar-refractivity contribution in [2.75, 3.05) is 6.61 Å². The fourth-order valence-electron chi connectivity index (χ4n) is 2.24. The van der Waals surface area contributed by atoms with Crippen molar-refractivity contribution in [3.05, 3.63) is 57.1 Å². The highest BCUT2D eigenvalue weighted by atomic mass is 35.5. The topological polar surface area (TPSA) is 56.5 Å². The number of rotatable bonds is 4. The second-order valence-electron chi connectivity index (χ2n) is 5.38. The molecule has 0 aliphatic carbocycles. The van der Waals surface area contributed by atoms with Crippen LogP contribution >= 0.6 is 23.2 Å². The van der Waals surface area contributed by atoms with E-state index in [-0.39, 0.29) is 21.5 Å². The molecule has 130 valence electrons. The molecule has 0 aliphatic rings. The van der Waals surface area contributed by atoms with Gasteiger partial charge in [-0.25, -0.2) is 13.3 Å². The van der Waals surface area contributed by atoms with E-state index in [4.69, 9.17) is 27.9 Å². The first kappa shape index (κ1) is 17.6. The van der Waals surface area contributed by atoms with Crippen LogP contribution in [0.15, 0.2) is 41.5 Å². The van der Waals surface area contributed by atoms with Crippen LogP contribution in [-0.4, -0.2) is 27.1 Å². The Bertz CT molecular complexity index is 983. The third-order valence-corrected chi connectivity index (χ3v) is 3.91. The van der Waals surface area contributed by atoms with Crippen molar-refractivity contribution in [2.24, 2.45) is 0 Å². The molecule has 0 fully saturated rings. The van der Waals surface area contributed by atoms with Gasteiger partial charge >= 0.3 is 0 Å². The van der Waals surface area contributed by atoms with Gasteiger partial charge in [-0.15, -0.1) is 5.10 Å². The first-order chi connectivity index (χ1) is 11.8. The third-order valence-electron chi connectivity index (χ3n) is 3.28. The Hall–Kier alpha value is -2.25. The molecule has 1 aromatic carbocycles. The van der Waals surface area contributed by atoms with Crippen molar-refractivity contribution in [3.63, 3.8) is 0 Å². The highest BCUT2D eigenvalue weighted by molar-refractivity contribution is 6.39. The molecule has 9 heteroatoms. The Kier molecular flexibility index (Phi) is 4.62. The van der Waals surface area contributed by atoms with E-state index in [1.54, 1.807) is 18.2 Å². The lowest BCUT2D eigenvalue weighted by atomic mass is 10.1. The number of hydrogen-bond acceptors (Lipinski definition) is 4. The zero-order chi connectivity index (χ0) is 18.2. The van der Waals surface area contributed by atoms with Crippen LogP contribution in [0.4, 0.5) is 8.78 Å². The minimum absolute atomic E-state index is 0.0318. The molecule has 2 heterocycles. The number of benzene rings is 1. The maximum atomic E-state index is 12.9. The SMILES string of the molecule is CC(F)(F)COc1ccc2c(-c3c(Cl)cccc3Cl)c(=O)ncn2n1. The number of fused-ring (bicyclic) bond motifs is 1. The molecular formula is C16H11Cl2F2N3O2. The number of hydrogen-bond donors (Lipinski definition) is 0. The number of ether oxygens (including phenoxy) is 1. The number of aromatic nitrogens is 3. The zero-order valence-corrected chi connectivity index (χ0v) is 14.4. The van der Waals surface area contributed by atoms with Gasteiger partial charge in [-0.1, -0.05) is 29.3 Å². The summed E-state index contributed by atoms with van der Waals surface area (Å²) in [6.45, 7) is -0.0771. The molecular weight excluding hydrogens is 375 g/mol. The van der Waals surface area contributed by atoms with Crippen molar-refractivity contribution >= 4 is 28.7 Å². The van der Waals surface area contributed by atoms with Crippen LogP contribution in [0, 0.1) is 0 Å². The highest BCUT2D eigenvalue weighted by Crippen LogP contribution is 2.34. The molecule has 0 atom stereocenters. The summed E-state index contributed by atoms with van der Waals surface area (Å²) in [6, 6.07) is 7.74. The van der Waals surface area contributed by atoms with Crippen LogP contribution < -0.4 is 10.3 Å². The fraction of sp³-hybridized carbons (Fsp3) is 0.188. The van der Waals surface area contributed by atoms with Crippen molar-refractivity contribution in [3.8, 4) is 17.0 Å². The summed E-state index contributed by atoms with van der Waals surface area (Å²) < 4.78 is 32.0. The van der Waals surface area contributed by atoms with Crippen LogP contribution in [0.25, 0.3) is 16.6 Å². The normalized spacial score (nSPS) is 11.7. The predicted molar refractivity (Wildman–Crippen MR) is 90.8 cm³/mol. The number of alkyl halides is 2. The van der Waals surface area contributed by atoms with Gasteiger partial charge in [0, 0.05) is 18.6 Å². The van der Waals surface area contributed by atoms with Crippen molar-refractivity contribution in [1.82, 2.24) is 14.6 Å². The molecule has 0 bridgehead atoms. The second kappa shape index (κ2) is 6.57. The highest BCUT2D eigenvalue weighted by Gasteiger charge is 2.23.